The first-order valence-electron chi connectivity index (χ1n) is 8.02. The molecule has 0 unspecified atom stereocenters. The molecule has 4 rings (SSSR count). The van der Waals surface area contributed by atoms with E-state index in [2.05, 4.69) is 10.3 Å². The van der Waals surface area contributed by atoms with Gasteiger partial charge in [-0.1, -0.05) is 17.4 Å². The van der Waals surface area contributed by atoms with Crippen LogP contribution in [-0.4, -0.2) is 36.0 Å². The Labute approximate surface area is 148 Å². The number of nitrogens with zero attached hydrogens (tertiary/aromatic N) is 4. The van der Waals surface area contributed by atoms with Crippen molar-refractivity contribution in [2.75, 3.05) is 12.0 Å². The molecule has 2 heterocycles. The Morgan fingerprint density at radius 1 is 1.12 bits per heavy atom. The van der Waals surface area contributed by atoms with Crippen LogP contribution in [0, 0.1) is 5.82 Å². The van der Waals surface area contributed by atoms with E-state index < -0.39 is 29.7 Å². The van der Waals surface area contributed by atoms with Crippen molar-refractivity contribution in [3.63, 3.8) is 0 Å². The lowest BCUT2D eigenvalue weighted by Crippen LogP contribution is -2.39. The van der Waals surface area contributed by atoms with Gasteiger partial charge in [-0.05, 0) is 42.0 Å². The molecule has 2 aromatic carbocycles. The summed E-state index contributed by atoms with van der Waals surface area (Å²) in [5, 5.41) is 9.48. The molecule has 0 spiro atoms. The molecule has 7 nitrogen and oxygen atoms in total. The highest BCUT2D eigenvalue weighted by atomic mass is 19.1. The number of carbonyl (C=O) groups is 2. The number of hydrogen-bond donors (Lipinski definition) is 0. The minimum Gasteiger partial charge on any atom is -0.497 e. The third-order valence-corrected chi connectivity index (χ3v) is 4.42. The van der Waals surface area contributed by atoms with E-state index in [1.54, 1.807) is 7.11 Å². The quantitative estimate of drug-likeness (QED) is 0.790. The number of methoxy groups -OCH3 is 1. The Kier molecular flexibility index (Phi) is 3.87. The van der Waals surface area contributed by atoms with E-state index in [1.807, 2.05) is 24.3 Å². The number of fused-ring (bicyclic) bond motifs is 1. The van der Waals surface area contributed by atoms with Gasteiger partial charge >= 0.3 is 0 Å². The maximum absolute atomic E-state index is 13.1. The van der Waals surface area contributed by atoms with Gasteiger partial charge in [0.05, 0.1) is 19.3 Å². The molecule has 8 heteroatoms. The smallest absolute Gasteiger partial charge is 0.263 e. The van der Waals surface area contributed by atoms with Gasteiger partial charge in [0.2, 0.25) is 0 Å². The summed E-state index contributed by atoms with van der Waals surface area (Å²) >= 11 is 0. The van der Waals surface area contributed by atoms with Gasteiger partial charge in [-0.2, -0.15) is 5.11 Å². The lowest BCUT2D eigenvalue weighted by Gasteiger charge is -2.20. The molecule has 0 bridgehead atoms. The summed E-state index contributed by atoms with van der Waals surface area (Å²) in [6, 6.07) is 10.9. The van der Waals surface area contributed by atoms with Gasteiger partial charge in [0, 0.05) is 0 Å². The Bertz CT molecular complexity index is 900. The van der Waals surface area contributed by atoms with E-state index in [9.17, 15) is 14.0 Å². The van der Waals surface area contributed by atoms with Crippen molar-refractivity contribution in [2.24, 2.45) is 10.3 Å². The number of rotatable bonds is 4. The molecule has 2 aromatic rings. The number of hydrogen-bond acceptors (Lipinski definition) is 6. The van der Waals surface area contributed by atoms with E-state index in [4.69, 9.17) is 4.74 Å². The highest BCUT2D eigenvalue weighted by Gasteiger charge is 2.54. The Hall–Kier alpha value is -3.29. The van der Waals surface area contributed by atoms with Crippen LogP contribution in [0.1, 0.15) is 5.56 Å². The van der Waals surface area contributed by atoms with Crippen molar-refractivity contribution in [3.05, 3.63) is 59.9 Å². The molecule has 2 amide bonds. The summed E-state index contributed by atoms with van der Waals surface area (Å²) in [6.45, 7) is 0.318. The van der Waals surface area contributed by atoms with Gasteiger partial charge in [0.1, 0.15) is 11.6 Å². The summed E-state index contributed by atoms with van der Waals surface area (Å²) in [7, 11) is 1.57. The second-order valence-corrected chi connectivity index (χ2v) is 6.03. The summed E-state index contributed by atoms with van der Waals surface area (Å²) in [6.07, 6.45) is 0. The topological polar surface area (TPSA) is 74.6 Å². The first-order valence-corrected chi connectivity index (χ1v) is 8.02. The Morgan fingerprint density at radius 3 is 2.62 bits per heavy atom. The Morgan fingerprint density at radius 2 is 1.88 bits per heavy atom. The molecule has 0 aromatic heterocycles. The summed E-state index contributed by atoms with van der Waals surface area (Å²) in [4.78, 5) is 26.5. The first kappa shape index (κ1) is 16.2. The van der Waals surface area contributed by atoms with Crippen molar-refractivity contribution in [3.8, 4) is 5.75 Å². The average Bonchev–Trinajstić information content (AvgIpc) is 3.17. The summed E-state index contributed by atoms with van der Waals surface area (Å²) in [5.41, 5.74) is 1.21. The number of carbonyl (C=O) groups excluding carboxylic acids is 2. The second-order valence-electron chi connectivity index (χ2n) is 6.03. The van der Waals surface area contributed by atoms with Crippen LogP contribution in [0.3, 0.4) is 0 Å². The molecular formula is C18H15FN4O3. The van der Waals surface area contributed by atoms with Crippen molar-refractivity contribution in [1.29, 1.82) is 0 Å². The van der Waals surface area contributed by atoms with Crippen LogP contribution in [0.2, 0.25) is 0 Å². The normalized spacial score (nSPS) is 21.5. The van der Waals surface area contributed by atoms with Crippen LogP contribution in [-0.2, 0) is 16.1 Å². The van der Waals surface area contributed by atoms with Crippen LogP contribution >= 0.6 is 0 Å². The van der Waals surface area contributed by atoms with Gasteiger partial charge in [-0.15, -0.1) is 0 Å². The highest BCUT2D eigenvalue weighted by molar-refractivity contribution is 6.25. The molecule has 2 aliphatic heterocycles. The largest absolute Gasteiger partial charge is 0.497 e. The molecule has 0 N–H and O–H groups in total. The molecule has 0 saturated carbocycles. The maximum Gasteiger partial charge on any atom is 0.263 e. The maximum atomic E-state index is 13.1. The number of anilines is 1. The molecule has 2 aliphatic rings. The number of halogens is 1. The predicted molar refractivity (Wildman–Crippen MR) is 89.9 cm³/mol. The average molecular weight is 354 g/mol. The number of amides is 2. The third-order valence-electron chi connectivity index (χ3n) is 4.42. The number of benzene rings is 2. The zero-order valence-electron chi connectivity index (χ0n) is 13.9. The predicted octanol–water partition coefficient (Wildman–Crippen LogP) is 2.33. The van der Waals surface area contributed by atoms with Crippen LogP contribution < -0.4 is 9.64 Å². The lowest BCUT2D eigenvalue weighted by atomic mass is 10.1. The van der Waals surface area contributed by atoms with Crippen molar-refractivity contribution in [2.45, 2.75) is 18.6 Å². The van der Waals surface area contributed by atoms with E-state index >= 15 is 0 Å². The van der Waals surface area contributed by atoms with Gasteiger partial charge < -0.3 is 4.74 Å². The minimum absolute atomic E-state index is 0.318. The standard InChI is InChI=1S/C18H15FN4O3/c1-26-14-4-2-3-11(9-14)10-22-16-15(20-21-22)17(24)23(18(16)25)13-7-5-12(19)6-8-13/h2-9,15-16H,10H2,1H3/t15-,16-/m1/s1. The third kappa shape index (κ3) is 2.59. The van der Waals surface area contributed by atoms with E-state index in [0.717, 1.165) is 10.5 Å². The molecule has 132 valence electrons. The number of imide groups is 1. The van der Waals surface area contributed by atoms with E-state index in [1.165, 1.54) is 29.3 Å². The van der Waals surface area contributed by atoms with E-state index in [0.29, 0.717) is 18.0 Å². The van der Waals surface area contributed by atoms with Crippen molar-refractivity contribution in [1.82, 2.24) is 5.01 Å². The minimum atomic E-state index is -0.877. The van der Waals surface area contributed by atoms with Gasteiger partial charge in [0.25, 0.3) is 11.8 Å². The van der Waals surface area contributed by atoms with Gasteiger partial charge in [-0.3, -0.25) is 14.6 Å². The van der Waals surface area contributed by atoms with Crippen molar-refractivity contribution >= 4 is 17.5 Å². The van der Waals surface area contributed by atoms with Crippen LogP contribution in [0.5, 0.6) is 5.75 Å². The Balaban J connectivity index is 1.58. The second kappa shape index (κ2) is 6.21. The highest BCUT2D eigenvalue weighted by Crippen LogP contribution is 2.33. The fourth-order valence-electron chi connectivity index (χ4n) is 3.16. The van der Waals surface area contributed by atoms with Gasteiger partial charge in [0.15, 0.2) is 12.1 Å². The van der Waals surface area contributed by atoms with Crippen LogP contribution in [0.25, 0.3) is 0 Å². The van der Waals surface area contributed by atoms with Crippen molar-refractivity contribution < 1.29 is 18.7 Å². The molecule has 1 fully saturated rings. The SMILES string of the molecule is COc1cccc(CN2N=N[C@H]3C(=O)N(c4ccc(F)cc4)C(=O)[C@@H]32)c1. The fourth-order valence-corrected chi connectivity index (χ4v) is 3.16. The molecule has 2 atom stereocenters. The van der Waals surface area contributed by atoms with Gasteiger partial charge in [-0.25, -0.2) is 9.29 Å². The fraction of sp³-hybridized carbons (Fsp3) is 0.222. The zero-order valence-corrected chi connectivity index (χ0v) is 13.9. The summed E-state index contributed by atoms with van der Waals surface area (Å²) < 4.78 is 18.3. The lowest BCUT2D eigenvalue weighted by molar-refractivity contribution is -0.123. The summed E-state index contributed by atoms with van der Waals surface area (Å²) in [5.74, 6) is -0.618. The molecule has 26 heavy (non-hydrogen) atoms. The molecule has 1 saturated heterocycles. The molecule has 0 radical (unpaired) electrons. The van der Waals surface area contributed by atoms with Crippen LogP contribution in [0.15, 0.2) is 58.9 Å². The first-order chi connectivity index (χ1) is 12.6. The van der Waals surface area contributed by atoms with E-state index in [-0.39, 0.29) is 0 Å². The molecular weight excluding hydrogens is 339 g/mol. The number of ether oxygens (including phenoxy) is 1. The molecule has 0 aliphatic carbocycles. The van der Waals surface area contributed by atoms with Crippen LogP contribution in [0.4, 0.5) is 10.1 Å². The monoisotopic (exact) mass is 354 g/mol. The zero-order chi connectivity index (χ0) is 18.3.